The normalized spacial score (nSPS) is 16.2. The van der Waals surface area contributed by atoms with Gasteiger partial charge in [-0.15, -0.1) is 10.2 Å². The maximum absolute atomic E-state index is 14.1. The number of halogens is 1. The fourth-order valence-electron chi connectivity index (χ4n) is 5.10. The van der Waals surface area contributed by atoms with Crippen molar-refractivity contribution in [3.63, 3.8) is 0 Å². The summed E-state index contributed by atoms with van der Waals surface area (Å²) in [6.07, 6.45) is 3.96. The number of benzene rings is 1. The lowest BCUT2D eigenvalue weighted by Crippen LogP contribution is -2.63. The number of rotatable bonds is 7. The first kappa shape index (κ1) is 28.9. The third-order valence-electron chi connectivity index (χ3n) is 8.18. The Kier molecular flexibility index (Phi) is 7.53. The molecule has 3 N–H and O–H groups in total. The molecule has 1 fully saturated rings. The van der Waals surface area contributed by atoms with Crippen molar-refractivity contribution in [2.45, 2.75) is 109 Å². The van der Waals surface area contributed by atoms with Crippen LogP contribution in [0.15, 0.2) is 24.3 Å². The summed E-state index contributed by atoms with van der Waals surface area (Å²) in [6.45, 7) is 15.8. The summed E-state index contributed by atoms with van der Waals surface area (Å²) in [5.74, 6) is 0.764. The number of aromatic nitrogens is 4. The molecule has 1 aromatic carbocycles. The average molecular weight is 557 g/mol. The van der Waals surface area contributed by atoms with Crippen LogP contribution in [0.2, 0.25) is 5.02 Å². The molecule has 2 heterocycles. The lowest BCUT2D eigenvalue weighted by atomic mass is 9.73. The first-order chi connectivity index (χ1) is 18.1. The number of anilines is 1. The van der Waals surface area contributed by atoms with Gasteiger partial charge in [0, 0.05) is 23.3 Å². The second-order valence-electron chi connectivity index (χ2n) is 12.8. The molecule has 2 amide bonds. The van der Waals surface area contributed by atoms with Crippen molar-refractivity contribution < 1.29 is 14.3 Å². The van der Waals surface area contributed by atoms with Crippen LogP contribution >= 0.6 is 11.6 Å². The number of aromatic amines is 1. The van der Waals surface area contributed by atoms with Gasteiger partial charge in [-0.3, -0.25) is 14.7 Å². The van der Waals surface area contributed by atoms with Gasteiger partial charge in [-0.25, -0.2) is 4.52 Å². The summed E-state index contributed by atoms with van der Waals surface area (Å²) < 4.78 is 8.36. The molecule has 10 heteroatoms. The number of carbonyl (C=O) groups is 2. The van der Waals surface area contributed by atoms with E-state index in [9.17, 15) is 9.59 Å². The molecule has 4 rings (SSSR count). The summed E-state index contributed by atoms with van der Waals surface area (Å²) in [5.41, 5.74) is -0.691. The smallest absolute Gasteiger partial charge is 0.264 e. The summed E-state index contributed by atoms with van der Waals surface area (Å²) in [6, 6.07) is 7.24. The number of nitrogens with zero attached hydrogens (tertiary/aromatic N) is 3. The standard InChI is InChI=1S/C29H41ClN6O3/c1-18(37)31-19-14-10-11-15-20(19)39-29(16-12-9-13-17-29)25(38)32-28(7,8)27(5,6)24-34-33-23-21(30)22(26(2,3)4)35-36(23)24/h10-11,14-15,35H,9,12-13,16-17H2,1-8H3,(H,31,37)(H,32,38). The van der Waals surface area contributed by atoms with E-state index in [1.54, 1.807) is 12.1 Å². The highest BCUT2D eigenvalue weighted by Crippen LogP contribution is 2.40. The highest BCUT2D eigenvalue weighted by molar-refractivity contribution is 6.34. The molecule has 0 spiro atoms. The van der Waals surface area contributed by atoms with Crippen LogP contribution in [0.1, 0.15) is 99.0 Å². The number of hydrogen-bond donors (Lipinski definition) is 3. The highest BCUT2D eigenvalue weighted by Gasteiger charge is 2.49. The summed E-state index contributed by atoms with van der Waals surface area (Å²) >= 11 is 6.68. The minimum absolute atomic E-state index is 0.182. The van der Waals surface area contributed by atoms with Crippen LogP contribution in [0.25, 0.3) is 5.65 Å². The van der Waals surface area contributed by atoms with Crippen LogP contribution in [0.5, 0.6) is 5.75 Å². The first-order valence-electron chi connectivity index (χ1n) is 13.6. The minimum atomic E-state index is -1.06. The lowest BCUT2D eigenvalue weighted by molar-refractivity contribution is -0.142. The maximum Gasteiger partial charge on any atom is 0.264 e. The first-order valence-corrected chi connectivity index (χ1v) is 14.0. The number of hydrogen-bond acceptors (Lipinski definition) is 5. The molecule has 212 valence electrons. The van der Waals surface area contributed by atoms with E-state index in [-0.39, 0.29) is 17.2 Å². The van der Waals surface area contributed by atoms with Gasteiger partial charge in [-0.05, 0) is 51.7 Å². The number of para-hydroxylation sites is 2. The van der Waals surface area contributed by atoms with Crippen LogP contribution in [0.3, 0.4) is 0 Å². The zero-order valence-corrected chi connectivity index (χ0v) is 25.0. The number of ether oxygens (including phenoxy) is 1. The average Bonchev–Trinajstić information content (AvgIpc) is 3.41. The quantitative estimate of drug-likeness (QED) is 0.334. The van der Waals surface area contributed by atoms with Crippen LogP contribution in [0.4, 0.5) is 5.69 Å². The summed E-state index contributed by atoms with van der Waals surface area (Å²) in [5, 5.41) is 19.0. The van der Waals surface area contributed by atoms with Crippen molar-refractivity contribution in [2.24, 2.45) is 0 Å². The van der Waals surface area contributed by atoms with Crippen molar-refractivity contribution in [2.75, 3.05) is 5.32 Å². The Hall–Kier alpha value is -3.07. The van der Waals surface area contributed by atoms with Gasteiger partial charge in [0.15, 0.2) is 17.1 Å². The topological polar surface area (TPSA) is 113 Å². The third-order valence-corrected chi connectivity index (χ3v) is 8.54. The number of H-pyrrole nitrogens is 1. The number of carbonyl (C=O) groups excluding carboxylic acids is 2. The van der Waals surface area contributed by atoms with Gasteiger partial charge < -0.3 is 15.4 Å². The molecule has 2 aromatic heterocycles. The van der Waals surface area contributed by atoms with Crippen LogP contribution in [-0.2, 0) is 20.4 Å². The molecule has 1 aliphatic rings. The van der Waals surface area contributed by atoms with E-state index >= 15 is 0 Å². The molecular weight excluding hydrogens is 516 g/mol. The molecule has 0 bridgehead atoms. The predicted octanol–water partition coefficient (Wildman–Crippen LogP) is 5.92. The molecular formula is C29H41ClN6O3. The summed E-state index contributed by atoms with van der Waals surface area (Å²) in [7, 11) is 0. The Bertz CT molecular complexity index is 1380. The molecule has 3 aromatic rings. The largest absolute Gasteiger partial charge is 0.475 e. The van der Waals surface area contributed by atoms with Crippen LogP contribution < -0.4 is 15.4 Å². The Morgan fingerprint density at radius 2 is 1.67 bits per heavy atom. The lowest BCUT2D eigenvalue weighted by Gasteiger charge is -2.44. The van der Waals surface area contributed by atoms with Gasteiger partial charge >= 0.3 is 0 Å². The molecule has 0 saturated heterocycles. The van der Waals surface area contributed by atoms with E-state index in [1.807, 2.05) is 44.3 Å². The van der Waals surface area contributed by atoms with Gasteiger partial charge in [0.2, 0.25) is 5.91 Å². The van der Waals surface area contributed by atoms with E-state index in [4.69, 9.17) is 16.3 Å². The van der Waals surface area contributed by atoms with Crippen molar-refractivity contribution >= 4 is 34.7 Å². The Balaban J connectivity index is 1.67. The Morgan fingerprint density at radius 3 is 2.28 bits per heavy atom. The van der Waals surface area contributed by atoms with Gasteiger partial charge in [0.1, 0.15) is 10.8 Å². The fourth-order valence-corrected chi connectivity index (χ4v) is 5.55. The van der Waals surface area contributed by atoms with Gasteiger partial charge in [0.05, 0.1) is 11.4 Å². The van der Waals surface area contributed by atoms with Crippen LogP contribution in [0, 0.1) is 0 Å². The van der Waals surface area contributed by atoms with Crippen molar-refractivity contribution in [3.8, 4) is 5.75 Å². The van der Waals surface area contributed by atoms with E-state index in [1.165, 1.54) is 6.92 Å². The van der Waals surface area contributed by atoms with Crippen LogP contribution in [-0.4, -0.2) is 42.8 Å². The second kappa shape index (κ2) is 10.2. The van der Waals surface area contributed by atoms with E-state index in [0.29, 0.717) is 40.8 Å². The van der Waals surface area contributed by atoms with Crippen molar-refractivity contribution in [1.29, 1.82) is 0 Å². The molecule has 9 nitrogen and oxygen atoms in total. The third kappa shape index (κ3) is 5.38. The van der Waals surface area contributed by atoms with E-state index in [2.05, 4.69) is 46.7 Å². The van der Waals surface area contributed by atoms with Gasteiger partial charge in [-0.1, -0.05) is 64.8 Å². The van der Waals surface area contributed by atoms with E-state index in [0.717, 1.165) is 25.0 Å². The molecule has 39 heavy (non-hydrogen) atoms. The highest BCUT2D eigenvalue weighted by atomic mass is 35.5. The Labute approximate surface area is 235 Å². The molecule has 1 saturated carbocycles. The number of amides is 2. The SMILES string of the molecule is CC(=O)Nc1ccccc1OC1(C(=O)NC(C)(C)C(C)(C)c2nnc3c(Cl)c(C(C)(C)C)[nH]n23)CCCCC1. The molecule has 0 unspecified atom stereocenters. The second-order valence-corrected chi connectivity index (χ2v) is 13.1. The minimum Gasteiger partial charge on any atom is -0.475 e. The molecule has 0 radical (unpaired) electrons. The molecule has 0 atom stereocenters. The van der Waals surface area contributed by atoms with Gasteiger partial charge in [0.25, 0.3) is 5.91 Å². The molecule has 0 aliphatic heterocycles. The predicted molar refractivity (Wildman–Crippen MR) is 153 cm³/mol. The number of nitrogens with one attached hydrogen (secondary N) is 3. The zero-order chi connectivity index (χ0) is 28.8. The van der Waals surface area contributed by atoms with Gasteiger partial charge in [-0.2, -0.15) is 0 Å². The Morgan fingerprint density at radius 1 is 1.03 bits per heavy atom. The van der Waals surface area contributed by atoms with E-state index < -0.39 is 16.6 Å². The van der Waals surface area contributed by atoms with Crippen molar-refractivity contribution in [1.82, 2.24) is 25.1 Å². The number of fused-ring (bicyclic) bond motifs is 1. The molecule has 1 aliphatic carbocycles. The monoisotopic (exact) mass is 556 g/mol. The fraction of sp³-hybridized carbons (Fsp3) is 0.586. The maximum atomic E-state index is 14.1. The van der Waals surface area contributed by atoms with Crippen molar-refractivity contribution in [3.05, 3.63) is 40.8 Å². The zero-order valence-electron chi connectivity index (χ0n) is 24.3. The summed E-state index contributed by atoms with van der Waals surface area (Å²) in [4.78, 5) is 25.9.